The Kier molecular flexibility index (Phi) is 7.70. The number of sulfonamides is 1. The average Bonchev–Trinajstić information content (AvgIpc) is 3.01. The first kappa shape index (κ1) is 23.6. The minimum atomic E-state index is -3.47. The molecule has 0 spiro atoms. The molecule has 168 valence electrons. The van der Waals surface area contributed by atoms with E-state index in [0.29, 0.717) is 17.0 Å². The summed E-state index contributed by atoms with van der Waals surface area (Å²) in [6, 6.07) is 15.3. The number of hydrogen-bond acceptors (Lipinski definition) is 6. The van der Waals surface area contributed by atoms with Crippen LogP contribution in [0.4, 0.5) is 10.5 Å². The number of thioether (sulfide) groups is 1. The molecule has 2 aromatic rings. The Hall–Kier alpha value is -3.11. The van der Waals surface area contributed by atoms with Gasteiger partial charge >= 0.3 is 0 Å². The van der Waals surface area contributed by atoms with E-state index in [2.05, 4.69) is 10.0 Å². The van der Waals surface area contributed by atoms with Gasteiger partial charge in [0.15, 0.2) is 0 Å². The molecule has 1 heterocycles. The van der Waals surface area contributed by atoms with Crippen molar-refractivity contribution in [1.29, 1.82) is 0 Å². The lowest BCUT2D eigenvalue weighted by atomic mass is 10.2. The first-order valence-corrected chi connectivity index (χ1v) is 12.4. The Balaban J connectivity index is 1.57. The maximum atomic E-state index is 12.5. The van der Waals surface area contributed by atoms with Crippen molar-refractivity contribution in [1.82, 2.24) is 10.2 Å². The van der Waals surface area contributed by atoms with Gasteiger partial charge in [-0.05, 0) is 48.0 Å². The van der Waals surface area contributed by atoms with E-state index in [0.717, 1.165) is 22.2 Å². The predicted molar refractivity (Wildman–Crippen MR) is 126 cm³/mol. The second-order valence-corrected chi connectivity index (χ2v) is 9.84. The summed E-state index contributed by atoms with van der Waals surface area (Å²) >= 11 is 0.864. The summed E-state index contributed by atoms with van der Waals surface area (Å²) in [5.74, 6) is -0.848. The van der Waals surface area contributed by atoms with Crippen LogP contribution in [0, 0.1) is 0 Å². The molecule has 2 N–H and O–H groups in total. The summed E-state index contributed by atoms with van der Waals surface area (Å²) in [5, 5.41) is 2.27. The third-order valence-corrected chi connectivity index (χ3v) is 6.86. The van der Waals surface area contributed by atoms with Gasteiger partial charge in [0.1, 0.15) is 0 Å². The van der Waals surface area contributed by atoms with Crippen molar-refractivity contribution in [2.24, 2.45) is 0 Å². The Morgan fingerprint density at radius 3 is 2.56 bits per heavy atom. The molecule has 0 radical (unpaired) electrons. The topological polar surface area (TPSA) is 113 Å². The fourth-order valence-electron chi connectivity index (χ4n) is 3.00. The zero-order chi connectivity index (χ0) is 23.1. The number of benzene rings is 2. The van der Waals surface area contributed by atoms with E-state index in [9.17, 15) is 22.8 Å². The zero-order valence-corrected chi connectivity index (χ0v) is 19.0. The quantitative estimate of drug-likeness (QED) is 0.541. The summed E-state index contributed by atoms with van der Waals surface area (Å²) in [4.78, 5) is 38.6. The number of nitrogens with one attached hydrogen (secondary N) is 2. The van der Waals surface area contributed by atoms with Gasteiger partial charge in [-0.1, -0.05) is 43.3 Å². The lowest BCUT2D eigenvalue weighted by molar-refractivity contribution is -0.122. The molecule has 32 heavy (non-hydrogen) atoms. The molecular weight excluding hydrogens is 450 g/mol. The molecule has 1 saturated heterocycles. The molecule has 0 bridgehead atoms. The van der Waals surface area contributed by atoms with Crippen molar-refractivity contribution in [2.75, 3.05) is 23.6 Å². The molecule has 0 unspecified atom stereocenters. The average molecular weight is 474 g/mol. The highest BCUT2D eigenvalue weighted by Gasteiger charge is 2.34. The van der Waals surface area contributed by atoms with Crippen LogP contribution in [0.25, 0.3) is 6.08 Å². The standard InChI is InChI=1S/C22H23N3O5S2/c1-2-13-32(29,30)24-18-10-6-9-17(15-18)20(26)23-11-12-25-21(27)19(31-22(25)28)14-16-7-4-3-5-8-16/h3-10,14-15,24H,2,11-13H2,1H3,(H,23,26)/b19-14-. The lowest BCUT2D eigenvalue weighted by Crippen LogP contribution is -2.37. The fourth-order valence-corrected chi connectivity index (χ4v) is 4.99. The number of amides is 3. The van der Waals surface area contributed by atoms with Crippen LogP contribution in [0.5, 0.6) is 0 Å². The second-order valence-electron chi connectivity index (χ2n) is 7.00. The molecular formula is C22H23N3O5S2. The Labute approximate surface area is 191 Å². The highest BCUT2D eigenvalue weighted by Crippen LogP contribution is 2.31. The molecule has 1 fully saturated rings. The van der Waals surface area contributed by atoms with E-state index in [1.807, 2.05) is 30.3 Å². The van der Waals surface area contributed by atoms with E-state index in [1.54, 1.807) is 31.2 Å². The fraction of sp³-hybridized carbons (Fsp3) is 0.227. The number of anilines is 1. The van der Waals surface area contributed by atoms with E-state index >= 15 is 0 Å². The number of rotatable bonds is 9. The van der Waals surface area contributed by atoms with E-state index in [1.165, 1.54) is 6.07 Å². The molecule has 2 aromatic carbocycles. The van der Waals surface area contributed by atoms with Crippen molar-refractivity contribution < 1.29 is 22.8 Å². The van der Waals surface area contributed by atoms with Gasteiger partial charge in [0.2, 0.25) is 10.0 Å². The molecule has 0 atom stereocenters. The summed E-state index contributed by atoms with van der Waals surface area (Å²) in [6.07, 6.45) is 2.14. The molecule has 0 aliphatic carbocycles. The van der Waals surface area contributed by atoms with Crippen LogP contribution < -0.4 is 10.0 Å². The summed E-state index contributed by atoms with van der Waals surface area (Å²) in [7, 11) is -3.47. The van der Waals surface area contributed by atoms with Crippen LogP contribution in [-0.2, 0) is 14.8 Å². The number of carbonyl (C=O) groups excluding carboxylic acids is 3. The third-order valence-electron chi connectivity index (χ3n) is 4.46. The van der Waals surface area contributed by atoms with Gasteiger partial charge in [-0.15, -0.1) is 0 Å². The highest BCUT2D eigenvalue weighted by atomic mass is 32.2. The number of carbonyl (C=O) groups is 3. The molecule has 0 aromatic heterocycles. The predicted octanol–water partition coefficient (Wildman–Crippen LogP) is 3.30. The van der Waals surface area contributed by atoms with Gasteiger partial charge in [-0.25, -0.2) is 8.42 Å². The summed E-state index contributed by atoms with van der Waals surface area (Å²) in [5.41, 5.74) is 1.38. The molecule has 10 heteroatoms. The minimum absolute atomic E-state index is 0.0139. The van der Waals surface area contributed by atoms with Gasteiger partial charge in [0, 0.05) is 24.3 Å². The van der Waals surface area contributed by atoms with Gasteiger partial charge in [-0.3, -0.25) is 24.0 Å². The number of imide groups is 1. The van der Waals surface area contributed by atoms with Crippen molar-refractivity contribution in [3.63, 3.8) is 0 Å². The molecule has 3 rings (SSSR count). The maximum absolute atomic E-state index is 12.5. The van der Waals surface area contributed by atoms with E-state index in [-0.39, 0.29) is 24.4 Å². The monoisotopic (exact) mass is 473 g/mol. The van der Waals surface area contributed by atoms with Crippen molar-refractivity contribution in [3.8, 4) is 0 Å². The van der Waals surface area contributed by atoms with Crippen LogP contribution in [0.1, 0.15) is 29.3 Å². The normalized spacial score (nSPS) is 15.3. The van der Waals surface area contributed by atoms with E-state index in [4.69, 9.17) is 0 Å². The Bertz CT molecular complexity index is 1150. The molecule has 0 saturated carbocycles. The lowest BCUT2D eigenvalue weighted by Gasteiger charge is -2.13. The van der Waals surface area contributed by atoms with Gasteiger partial charge in [0.05, 0.1) is 10.7 Å². The van der Waals surface area contributed by atoms with Gasteiger partial charge < -0.3 is 5.32 Å². The molecule has 3 amide bonds. The molecule has 1 aliphatic heterocycles. The molecule has 8 nitrogen and oxygen atoms in total. The maximum Gasteiger partial charge on any atom is 0.293 e. The molecule has 1 aliphatic rings. The van der Waals surface area contributed by atoms with Crippen LogP contribution in [0.3, 0.4) is 0 Å². The number of hydrogen-bond donors (Lipinski definition) is 2. The van der Waals surface area contributed by atoms with E-state index < -0.39 is 27.1 Å². The SMILES string of the molecule is CCCS(=O)(=O)Nc1cccc(C(=O)NCCN2C(=O)S/C(=C\c3ccccc3)C2=O)c1. The third kappa shape index (κ3) is 6.21. The van der Waals surface area contributed by atoms with Gasteiger partial charge in [-0.2, -0.15) is 0 Å². The first-order chi connectivity index (χ1) is 15.3. The van der Waals surface area contributed by atoms with Crippen molar-refractivity contribution in [3.05, 3.63) is 70.6 Å². The minimum Gasteiger partial charge on any atom is -0.350 e. The number of nitrogens with zero attached hydrogens (tertiary/aromatic N) is 1. The largest absolute Gasteiger partial charge is 0.350 e. The highest BCUT2D eigenvalue weighted by molar-refractivity contribution is 8.18. The first-order valence-electron chi connectivity index (χ1n) is 9.98. The van der Waals surface area contributed by atoms with Crippen LogP contribution in [-0.4, -0.2) is 49.2 Å². The Morgan fingerprint density at radius 1 is 1.09 bits per heavy atom. The van der Waals surface area contributed by atoms with Crippen LogP contribution in [0.15, 0.2) is 59.5 Å². The van der Waals surface area contributed by atoms with Crippen molar-refractivity contribution in [2.45, 2.75) is 13.3 Å². The van der Waals surface area contributed by atoms with Crippen LogP contribution >= 0.6 is 11.8 Å². The summed E-state index contributed by atoms with van der Waals surface area (Å²) in [6.45, 7) is 1.87. The zero-order valence-electron chi connectivity index (χ0n) is 17.4. The summed E-state index contributed by atoms with van der Waals surface area (Å²) < 4.78 is 26.3. The Morgan fingerprint density at radius 2 is 1.84 bits per heavy atom. The smallest absolute Gasteiger partial charge is 0.293 e. The van der Waals surface area contributed by atoms with Gasteiger partial charge in [0.25, 0.3) is 17.1 Å². The van der Waals surface area contributed by atoms with Crippen molar-refractivity contribution >= 4 is 50.6 Å². The van der Waals surface area contributed by atoms with Crippen LogP contribution in [0.2, 0.25) is 0 Å². The second kappa shape index (κ2) is 10.5.